The second-order valence-electron chi connectivity index (χ2n) is 2.90. The molecule has 9 heteroatoms. The van der Waals surface area contributed by atoms with Crippen LogP contribution in [0.25, 0.3) is 0 Å². The number of rotatable bonds is 4. The predicted octanol–water partition coefficient (Wildman–Crippen LogP) is 1.46. The number of nitro groups is 1. The largest absolute Gasteiger partial charge is 0.294 e. The standard InChI is InChI=1S/C8H6ClN3O4S/c9-4-17(15,16)6-1-2-7(11-5-10)8(3-6)12(13)14/h1-3,11H,4H2. The molecule has 0 aliphatic heterocycles. The Bertz CT molecular complexity index is 593. The summed E-state index contributed by atoms with van der Waals surface area (Å²) in [7, 11) is -3.74. The monoisotopic (exact) mass is 275 g/mol. The number of nitro benzene ring substituents is 1. The minimum Gasteiger partial charge on any atom is -0.287 e. The molecule has 0 spiro atoms. The van der Waals surface area contributed by atoms with Crippen LogP contribution in [0.1, 0.15) is 0 Å². The highest BCUT2D eigenvalue weighted by atomic mass is 35.5. The predicted molar refractivity (Wildman–Crippen MR) is 60.2 cm³/mol. The van der Waals surface area contributed by atoms with Crippen LogP contribution in [0.3, 0.4) is 0 Å². The maximum Gasteiger partial charge on any atom is 0.294 e. The van der Waals surface area contributed by atoms with Crippen molar-refractivity contribution >= 4 is 32.8 Å². The number of alkyl halides is 1. The second kappa shape index (κ2) is 4.99. The summed E-state index contributed by atoms with van der Waals surface area (Å²) in [6.07, 6.45) is 1.52. The van der Waals surface area contributed by atoms with E-state index >= 15 is 0 Å². The van der Waals surface area contributed by atoms with E-state index in [2.05, 4.69) is 5.32 Å². The Kier molecular flexibility index (Phi) is 3.88. The van der Waals surface area contributed by atoms with Crippen LogP contribution >= 0.6 is 11.6 Å². The number of benzene rings is 1. The minimum atomic E-state index is -3.74. The number of hydrogen-bond acceptors (Lipinski definition) is 6. The van der Waals surface area contributed by atoms with Crippen LogP contribution in [0.2, 0.25) is 0 Å². The number of nitriles is 1. The van der Waals surface area contributed by atoms with Crippen LogP contribution in [0, 0.1) is 21.6 Å². The molecule has 0 radical (unpaired) electrons. The van der Waals surface area contributed by atoms with Crippen molar-refractivity contribution in [2.24, 2.45) is 0 Å². The average Bonchev–Trinajstić information content (AvgIpc) is 2.29. The van der Waals surface area contributed by atoms with E-state index in [0.717, 1.165) is 18.2 Å². The molecular formula is C8H6ClN3O4S. The Morgan fingerprint density at radius 3 is 2.65 bits per heavy atom. The first-order valence-corrected chi connectivity index (χ1v) is 6.33. The second-order valence-corrected chi connectivity index (χ2v) is 5.47. The van der Waals surface area contributed by atoms with Gasteiger partial charge in [-0.2, -0.15) is 5.26 Å². The molecular weight excluding hydrogens is 270 g/mol. The smallest absolute Gasteiger partial charge is 0.287 e. The molecule has 1 aromatic rings. The summed E-state index contributed by atoms with van der Waals surface area (Å²) in [4.78, 5) is 9.65. The molecule has 0 aliphatic carbocycles. The lowest BCUT2D eigenvalue weighted by atomic mass is 10.3. The Morgan fingerprint density at radius 2 is 2.18 bits per heavy atom. The molecule has 0 bridgehead atoms. The Labute approximate surface area is 102 Å². The molecule has 0 saturated heterocycles. The average molecular weight is 276 g/mol. The molecule has 7 nitrogen and oxygen atoms in total. The zero-order chi connectivity index (χ0) is 13.1. The van der Waals surface area contributed by atoms with E-state index in [1.165, 1.54) is 6.19 Å². The maximum atomic E-state index is 11.4. The van der Waals surface area contributed by atoms with E-state index in [-0.39, 0.29) is 10.6 Å². The summed E-state index contributed by atoms with van der Waals surface area (Å²) < 4.78 is 22.8. The molecule has 90 valence electrons. The van der Waals surface area contributed by atoms with Gasteiger partial charge in [0, 0.05) is 6.07 Å². The van der Waals surface area contributed by atoms with E-state index in [4.69, 9.17) is 16.9 Å². The van der Waals surface area contributed by atoms with Crippen molar-refractivity contribution in [3.63, 3.8) is 0 Å². The first-order chi connectivity index (χ1) is 7.92. The zero-order valence-electron chi connectivity index (χ0n) is 8.25. The van der Waals surface area contributed by atoms with Crippen LogP contribution in [-0.2, 0) is 9.84 Å². The number of halogens is 1. The molecule has 0 aromatic heterocycles. The quantitative estimate of drug-likeness (QED) is 0.292. The van der Waals surface area contributed by atoms with Crippen molar-refractivity contribution in [1.29, 1.82) is 5.26 Å². The minimum absolute atomic E-state index is 0.0778. The number of anilines is 1. The van der Waals surface area contributed by atoms with Crippen LogP contribution in [-0.4, -0.2) is 18.6 Å². The maximum absolute atomic E-state index is 11.4. The molecule has 1 N–H and O–H groups in total. The van der Waals surface area contributed by atoms with Crippen LogP contribution in [0.15, 0.2) is 23.1 Å². The van der Waals surface area contributed by atoms with Crippen molar-refractivity contribution in [2.75, 3.05) is 10.5 Å². The van der Waals surface area contributed by atoms with Crippen molar-refractivity contribution in [1.82, 2.24) is 0 Å². The molecule has 1 rings (SSSR count). The molecule has 0 amide bonds. The van der Waals surface area contributed by atoms with Crippen molar-refractivity contribution in [2.45, 2.75) is 4.90 Å². The van der Waals surface area contributed by atoms with Gasteiger partial charge < -0.3 is 0 Å². The summed E-state index contributed by atoms with van der Waals surface area (Å²) in [5.41, 5.74) is -0.580. The van der Waals surface area contributed by atoms with E-state index < -0.39 is 25.7 Å². The summed E-state index contributed by atoms with van der Waals surface area (Å²) in [6.45, 7) is 0. The van der Waals surface area contributed by atoms with Gasteiger partial charge in [0.1, 0.15) is 10.9 Å². The Balaban J connectivity index is 3.39. The third-order valence-corrected chi connectivity index (χ3v) is 3.98. The van der Waals surface area contributed by atoms with Crippen molar-refractivity contribution in [3.8, 4) is 6.19 Å². The van der Waals surface area contributed by atoms with Gasteiger partial charge in [0.25, 0.3) is 5.69 Å². The fourth-order valence-corrected chi connectivity index (χ4v) is 2.16. The molecule has 0 unspecified atom stereocenters. The SMILES string of the molecule is N#CNc1ccc(S(=O)(=O)CCl)cc1[N+](=O)[O-]. The van der Waals surface area contributed by atoms with Gasteiger partial charge in [-0.15, -0.1) is 11.6 Å². The highest BCUT2D eigenvalue weighted by molar-refractivity contribution is 7.92. The van der Waals surface area contributed by atoms with Gasteiger partial charge in [-0.1, -0.05) is 0 Å². The summed E-state index contributed by atoms with van der Waals surface area (Å²) >= 11 is 5.23. The summed E-state index contributed by atoms with van der Waals surface area (Å²) in [6, 6.07) is 3.14. The molecule has 0 aliphatic rings. The van der Waals surface area contributed by atoms with Crippen LogP contribution in [0.4, 0.5) is 11.4 Å². The lowest BCUT2D eigenvalue weighted by Gasteiger charge is -2.03. The lowest BCUT2D eigenvalue weighted by Crippen LogP contribution is -2.04. The van der Waals surface area contributed by atoms with Gasteiger partial charge in [-0.05, 0) is 12.1 Å². The fourth-order valence-electron chi connectivity index (χ4n) is 1.08. The first kappa shape index (κ1) is 13.2. The molecule has 0 saturated carbocycles. The molecule has 0 fully saturated rings. The van der Waals surface area contributed by atoms with E-state index in [0.29, 0.717) is 0 Å². The number of nitrogens with one attached hydrogen (secondary N) is 1. The van der Waals surface area contributed by atoms with E-state index in [1.807, 2.05) is 0 Å². The van der Waals surface area contributed by atoms with Gasteiger partial charge in [0.05, 0.1) is 9.82 Å². The molecule has 0 heterocycles. The lowest BCUT2D eigenvalue weighted by molar-refractivity contribution is -0.384. The van der Waals surface area contributed by atoms with E-state index in [9.17, 15) is 18.5 Å². The fraction of sp³-hybridized carbons (Fsp3) is 0.125. The Hall–Kier alpha value is -1.85. The van der Waals surface area contributed by atoms with Gasteiger partial charge in [0.2, 0.25) is 0 Å². The number of sulfone groups is 1. The number of nitrogens with zero attached hydrogens (tertiary/aromatic N) is 2. The third-order valence-electron chi connectivity index (χ3n) is 1.86. The highest BCUT2D eigenvalue weighted by Crippen LogP contribution is 2.27. The highest BCUT2D eigenvalue weighted by Gasteiger charge is 2.20. The van der Waals surface area contributed by atoms with Gasteiger partial charge >= 0.3 is 0 Å². The van der Waals surface area contributed by atoms with E-state index in [1.54, 1.807) is 0 Å². The summed E-state index contributed by atoms with van der Waals surface area (Å²) in [5, 5.41) is 20.5. The van der Waals surface area contributed by atoms with Crippen molar-refractivity contribution < 1.29 is 13.3 Å². The normalized spacial score (nSPS) is 10.6. The third kappa shape index (κ3) is 2.83. The topological polar surface area (TPSA) is 113 Å². The first-order valence-electron chi connectivity index (χ1n) is 4.14. The van der Waals surface area contributed by atoms with Crippen LogP contribution in [0.5, 0.6) is 0 Å². The number of hydrogen-bond donors (Lipinski definition) is 1. The van der Waals surface area contributed by atoms with Crippen LogP contribution < -0.4 is 5.32 Å². The molecule has 1 aromatic carbocycles. The Morgan fingerprint density at radius 1 is 1.53 bits per heavy atom. The van der Waals surface area contributed by atoms with Gasteiger partial charge in [-0.3, -0.25) is 15.4 Å². The molecule has 17 heavy (non-hydrogen) atoms. The molecule has 0 atom stereocenters. The zero-order valence-corrected chi connectivity index (χ0v) is 9.83. The summed E-state index contributed by atoms with van der Waals surface area (Å²) in [5.74, 6) is 0. The van der Waals surface area contributed by atoms with Crippen molar-refractivity contribution in [3.05, 3.63) is 28.3 Å². The van der Waals surface area contributed by atoms with Gasteiger partial charge in [0.15, 0.2) is 16.0 Å². The van der Waals surface area contributed by atoms with Gasteiger partial charge in [-0.25, -0.2) is 8.42 Å².